The van der Waals surface area contributed by atoms with Gasteiger partial charge in [0.15, 0.2) is 0 Å². The van der Waals surface area contributed by atoms with Crippen LogP contribution in [0.4, 0.5) is 11.4 Å². The third-order valence-corrected chi connectivity index (χ3v) is 9.78. The minimum Gasteiger partial charge on any atom is -0.383 e. The first-order chi connectivity index (χ1) is 22.6. The second-order valence-corrected chi connectivity index (χ2v) is 14.3. The van der Waals surface area contributed by atoms with Crippen molar-refractivity contribution in [2.75, 3.05) is 30.3 Å². The summed E-state index contributed by atoms with van der Waals surface area (Å²) in [6, 6.07) is 24.6. The highest BCUT2D eigenvalue weighted by atomic mass is 35.5. The van der Waals surface area contributed by atoms with Gasteiger partial charge in [0.2, 0.25) is 0 Å². The molecule has 0 spiro atoms. The number of hydrazine groups is 2. The fourth-order valence-electron chi connectivity index (χ4n) is 6.44. The van der Waals surface area contributed by atoms with Crippen LogP contribution in [0.1, 0.15) is 69.2 Å². The zero-order chi connectivity index (χ0) is 33.1. The molecule has 0 amide bonds. The van der Waals surface area contributed by atoms with Gasteiger partial charge in [-0.2, -0.15) is 5.26 Å². The van der Waals surface area contributed by atoms with Crippen molar-refractivity contribution in [2.24, 2.45) is 0 Å². The zero-order valence-corrected chi connectivity index (χ0v) is 28.8. The fraction of sp³-hybridized carbons (Fsp3) is 0.351. The normalized spacial score (nSPS) is 17.1. The van der Waals surface area contributed by atoms with Gasteiger partial charge in [-0.15, -0.1) is 5.53 Å². The number of benzene rings is 3. The average Bonchev–Trinajstić information content (AvgIpc) is 3.56. The number of anilines is 2. The molecule has 4 N–H and O–H groups in total. The Labute approximate surface area is 287 Å². The number of aromatic nitrogens is 1. The third-order valence-electron chi connectivity index (χ3n) is 9.24. The largest absolute Gasteiger partial charge is 0.383 e. The Bertz CT molecular complexity index is 1770. The molecule has 6 rings (SSSR count). The van der Waals surface area contributed by atoms with Crippen molar-refractivity contribution in [1.29, 1.82) is 5.26 Å². The number of likely N-dealkylation sites (tertiary alicyclic amines) is 1. The Morgan fingerprint density at radius 1 is 1.02 bits per heavy atom. The topological polar surface area (TPSA) is 91.3 Å². The molecule has 0 bridgehead atoms. The standard InChI is InChI=1S/C37H42Cl2N8/c1-24(25-8-6-5-7-9-25)21-41-34-27(20-40)22-42-36-31(34)18-29(19-32(36)39)43-35(26-10-12-28(38)13-11-26)33-23-47(45-44-33)30-14-16-46(17-15-30)37(2,3)4/h5-13,18-19,22-24,30,35,43-45H,14-17,21H2,1-4H3,(H,41,42)/t24-,35+/m1/s1. The highest BCUT2D eigenvalue weighted by molar-refractivity contribution is 6.36. The van der Waals surface area contributed by atoms with Gasteiger partial charge < -0.3 is 16.1 Å². The number of nitriles is 1. The maximum atomic E-state index is 10.0. The molecule has 0 aliphatic carbocycles. The molecule has 1 saturated heterocycles. The first kappa shape index (κ1) is 32.9. The van der Waals surface area contributed by atoms with E-state index < -0.39 is 0 Å². The minimum atomic E-state index is -0.241. The van der Waals surface area contributed by atoms with Crippen LogP contribution >= 0.6 is 23.2 Å². The van der Waals surface area contributed by atoms with Crippen LogP contribution in [-0.4, -0.2) is 46.1 Å². The lowest BCUT2D eigenvalue weighted by Gasteiger charge is -2.42. The molecular formula is C37H42Cl2N8. The van der Waals surface area contributed by atoms with Crippen LogP contribution in [0, 0.1) is 11.3 Å². The molecular weight excluding hydrogens is 627 g/mol. The van der Waals surface area contributed by atoms with E-state index in [0.717, 1.165) is 54.0 Å². The van der Waals surface area contributed by atoms with E-state index in [0.29, 0.717) is 33.7 Å². The summed E-state index contributed by atoms with van der Waals surface area (Å²) in [7, 11) is 0. The van der Waals surface area contributed by atoms with Crippen LogP contribution < -0.4 is 21.6 Å². The predicted molar refractivity (Wildman–Crippen MR) is 193 cm³/mol. The number of nitrogens with zero attached hydrogens (tertiary/aromatic N) is 4. The maximum Gasteiger partial charge on any atom is 0.103 e. The second-order valence-electron chi connectivity index (χ2n) is 13.5. The van der Waals surface area contributed by atoms with Crippen molar-refractivity contribution >= 4 is 45.5 Å². The number of nitrogens with one attached hydrogen (secondary N) is 4. The van der Waals surface area contributed by atoms with E-state index in [9.17, 15) is 5.26 Å². The van der Waals surface area contributed by atoms with E-state index in [1.807, 2.05) is 54.6 Å². The van der Waals surface area contributed by atoms with Gasteiger partial charge in [-0.1, -0.05) is 72.6 Å². The summed E-state index contributed by atoms with van der Waals surface area (Å²) in [5, 5.41) is 21.5. The van der Waals surface area contributed by atoms with Crippen LogP contribution in [0.15, 0.2) is 84.8 Å². The summed E-state index contributed by atoms with van der Waals surface area (Å²) in [6.45, 7) is 11.8. The molecule has 4 aromatic rings. The highest BCUT2D eigenvalue weighted by Gasteiger charge is 2.32. The molecule has 10 heteroatoms. The number of rotatable bonds is 9. The molecule has 3 heterocycles. The molecule has 244 valence electrons. The third kappa shape index (κ3) is 7.45. The fourth-order valence-corrected chi connectivity index (χ4v) is 6.83. The Balaban J connectivity index is 1.30. The molecule has 0 unspecified atom stereocenters. The summed E-state index contributed by atoms with van der Waals surface area (Å²) >= 11 is 13.2. The van der Waals surface area contributed by atoms with Gasteiger partial charge in [0, 0.05) is 59.7 Å². The minimum absolute atomic E-state index is 0.173. The summed E-state index contributed by atoms with van der Waals surface area (Å²) in [6.07, 6.45) is 5.90. The van der Waals surface area contributed by atoms with Crippen molar-refractivity contribution in [3.63, 3.8) is 0 Å². The maximum absolute atomic E-state index is 10.0. The molecule has 0 radical (unpaired) electrons. The van der Waals surface area contributed by atoms with E-state index in [1.165, 1.54) is 5.56 Å². The first-order valence-corrected chi connectivity index (χ1v) is 17.0. The molecule has 3 aromatic carbocycles. The van der Waals surface area contributed by atoms with E-state index in [-0.39, 0.29) is 17.5 Å². The van der Waals surface area contributed by atoms with Crippen LogP contribution in [0.3, 0.4) is 0 Å². The Morgan fingerprint density at radius 2 is 1.74 bits per heavy atom. The lowest BCUT2D eigenvalue weighted by molar-refractivity contribution is 0.0570. The number of hydrogen-bond acceptors (Lipinski definition) is 8. The van der Waals surface area contributed by atoms with E-state index in [1.54, 1.807) is 6.20 Å². The molecule has 1 fully saturated rings. The van der Waals surface area contributed by atoms with Crippen molar-refractivity contribution < 1.29 is 0 Å². The Hall–Kier alpha value is -4.00. The molecule has 0 saturated carbocycles. The molecule has 2 atom stereocenters. The monoisotopic (exact) mass is 668 g/mol. The number of hydrogen-bond donors (Lipinski definition) is 4. The lowest BCUT2D eigenvalue weighted by atomic mass is 9.98. The highest BCUT2D eigenvalue weighted by Crippen LogP contribution is 2.37. The molecule has 2 aliphatic heterocycles. The SMILES string of the molecule is C[C@H](CNc1c(C#N)cnc2c(Cl)cc(N[C@H](C3=CN(C4CCN(C(C)(C)C)CC4)NN3)c3ccc(Cl)cc3)cc12)c1ccccc1. The zero-order valence-electron chi connectivity index (χ0n) is 27.3. The quantitative estimate of drug-likeness (QED) is 0.142. The molecule has 1 aromatic heterocycles. The number of pyridine rings is 1. The number of piperidine rings is 1. The Kier molecular flexibility index (Phi) is 9.81. The van der Waals surface area contributed by atoms with E-state index in [4.69, 9.17) is 23.2 Å². The number of fused-ring (bicyclic) bond motifs is 1. The Morgan fingerprint density at radius 3 is 2.43 bits per heavy atom. The van der Waals surface area contributed by atoms with E-state index in [2.05, 4.69) is 88.6 Å². The summed E-state index contributed by atoms with van der Waals surface area (Å²) in [4.78, 5) is 7.12. The van der Waals surface area contributed by atoms with Crippen molar-refractivity contribution in [3.05, 3.63) is 112 Å². The van der Waals surface area contributed by atoms with Crippen LogP contribution in [0.2, 0.25) is 10.0 Å². The second kappa shape index (κ2) is 14.0. The van der Waals surface area contributed by atoms with Crippen molar-refractivity contribution in [1.82, 2.24) is 25.9 Å². The number of halogens is 2. The van der Waals surface area contributed by atoms with Crippen LogP contribution in [-0.2, 0) is 0 Å². The smallest absolute Gasteiger partial charge is 0.103 e. The summed E-state index contributed by atoms with van der Waals surface area (Å²) < 4.78 is 0. The van der Waals surface area contributed by atoms with Crippen molar-refractivity contribution in [2.45, 2.75) is 64.1 Å². The van der Waals surface area contributed by atoms with Gasteiger partial charge in [0.25, 0.3) is 0 Å². The van der Waals surface area contributed by atoms with Crippen LogP contribution in [0.5, 0.6) is 0 Å². The van der Waals surface area contributed by atoms with Crippen LogP contribution in [0.25, 0.3) is 10.9 Å². The van der Waals surface area contributed by atoms with Gasteiger partial charge in [0.1, 0.15) is 6.07 Å². The van der Waals surface area contributed by atoms with Gasteiger partial charge >= 0.3 is 0 Å². The van der Waals surface area contributed by atoms with Gasteiger partial charge in [-0.05, 0) is 74.9 Å². The molecule has 47 heavy (non-hydrogen) atoms. The van der Waals surface area contributed by atoms with Gasteiger partial charge in [-0.25, -0.2) is 0 Å². The van der Waals surface area contributed by atoms with Gasteiger partial charge in [-0.3, -0.25) is 14.9 Å². The summed E-state index contributed by atoms with van der Waals surface area (Å²) in [5.41, 5.74) is 12.9. The lowest BCUT2D eigenvalue weighted by Crippen LogP contribution is -2.52. The summed E-state index contributed by atoms with van der Waals surface area (Å²) in [5.74, 6) is 0.230. The first-order valence-electron chi connectivity index (χ1n) is 16.2. The van der Waals surface area contributed by atoms with E-state index >= 15 is 0 Å². The predicted octanol–water partition coefficient (Wildman–Crippen LogP) is 8.21. The molecule has 8 nitrogen and oxygen atoms in total. The van der Waals surface area contributed by atoms with Crippen molar-refractivity contribution in [3.8, 4) is 6.07 Å². The molecule has 2 aliphatic rings. The van der Waals surface area contributed by atoms with Gasteiger partial charge in [0.05, 0.1) is 33.5 Å². The average molecular weight is 670 g/mol.